The summed E-state index contributed by atoms with van der Waals surface area (Å²) in [6.07, 6.45) is 15.2. The number of amides is 1. The van der Waals surface area contributed by atoms with Crippen LogP contribution in [0.4, 0.5) is 0 Å². The third-order valence-electron chi connectivity index (χ3n) is 7.09. The first-order chi connectivity index (χ1) is 18.7. The molecule has 1 fully saturated rings. The molecule has 0 aliphatic carbocycles. The molecule has 1 aromatic carbocycles. The molecule has 1 aliphatic heterocycles. The van der Waals surface area contributed by atoms with Gasteiger partial charge in [0.25, 0.3) is 5.91 Å². The summed E-state index contributed by atoms with van der Waals surface area (Å²) in [5.74, 6) is 1.20. The van der Waals surface area contributed by atoms with E-state index in [4.69, 9.17) is 9.47 Å². The number of allylic oxidation sites excluding steroid dienone is 6. The molecule has 5 heteroatoms. The minimum atomic E-state index is -0.0878. The third-order valence-corrected chi connectivity index (χ3v) is 7.09. The minimum Gasteiger partial charge on any atom is -0.489 e. The quantitative estimate of drug-likeness (QED) is 0.217. The van der Waals surface area contributed by atoms with Crippen molar-refractivity contribution in [2.24, 2.45) is 0 Å². The zero-order valence-electron chi connectivity index (χ0n) is 25.6. The molecule has 1 aliphatic rings. The molecule has 0 radical (unpaired) electrons. The lowest BCUT2D eigenvalue weighted by molar-refractivity contribution is 0.0940. The van der Waals surface area contributed by atoms with E-state index >= 15 is 0 Å². The summed E-state index contributed by atoms with van der Waals surface area (Å²) in [6.45, 7) is 18.7. The van der Waals surface area contributed by atoms with Crippen molar-refractivity contribution in [1.82, 2.24) is 10.2 Å². The minimum absolute atomic E-state index is 0.0878. The summed E-state index contributed by atoms with van der Waals surface area (Å²) < 4.78 is 12.1. The van der Waals surface area contributed by atoms with Gasteiger partial charge in [-0.05, 0) is 117 Å². The molecule has 0 saturated carbocycles. The summed E-state index contributed by atoms with van der Waals surface area (Å²) in [6, 6.07) is 5.93. The summed E-state index contributed by atoms with van der Waals surface area (Å²) in [7, 11) is 0. The number of carbonyl (C=O) groups is 1. The fourth-order valence-corrected chi connectivity index (χ4v) is 4.67. The van der Waals surface area contributed by atoms with Gasteiger partial charge in [0, 0.05) is 24.2 Å². The highest BCUT2D eigenvalue weighted by Crippen LogP contribution is 2.24. The maximum atomic E-state index is 13.1. The Kier molecular flexibility index (Phi) is 14.7. The van der Waals surface area contributed by atoms with Crippen molar-refractivity contribution in [3.8, 4) is 11.5 Å². The van der Waals surface area contributed by atoms with Crippen LogP contribution in [0.2, 0.25) is 0 Å². The van der Waals surface area contributed by atoms with Crippen LogP contribution in [-0.4, -0.2) is 49.7 Å². The topological polar surface area (TPSA) is 50.8 Å². The van der Waals surface area contributed by atoms with E-state index < -0.39 is 0 Å². The number of carbonyl (C=O) groups excluding carboxylic acids is 1. The molecule has 2 rings (SSSR count). The predicted octanol–water partition coefficient (Wildman–Crippen LogP) is 8.04. The van der Waals surface area contributed by atoms with Crippen LogP contribution in [0.5, 0.6) is 11.5 Å². The number of ether oxygens (including phenoxy) is 2. The van der Waals surface area contributed by atoms with Crippen molar-refractivity contribution >= 4 is 5.91 Å². The first kappa shape index (κ1) is 32.4. The fourth-order valence-electron chi connectivity index (χ4n) is 4.67. The first-order valence-electron chi connectivity index (χ1n) is 14.7. The summed E-state index contributed by atoms with van der Waals surface area (Å²) in [5, 5.41) is 3.15. The van der Waals surface area contributed by atoms with Gasteiger partial charge in [0.1, 0.15) is 24.7 Å². The fraction of sp³-hybridized carbons (Fsp3) is 0.559. The first-order valence-corrected chi connectivity index (χ1v) is 14.7. The lowest BCUT2D eigenvalue weighted by atomic mass is 10.1. The lowest BCUT2D eigenvalue weighted by Crippen LogP contribution is -2.40. The number of nitrogens with one attached hydrogen (secondary N) is 1. The van der Waals surface area contributed by atoms with Crippen LogP contribution in [-0.2, 0) is 0 Å². The molecule has 5 nitrogen and oxygen atoms in total. The Balaban J connectivity index is 2.07. The third kappa shape index (κ3) is 13.2. The van der Waals surface area contributed by atoms with Gasteiger partial charge < -0.3 is 14.8 Å². The highest BCUT2D eigenvalue weighted by Gasteiger charge is 2.23. The van der Waals surface area contributed by atoms with Gasteiger partial charge in [-0.25, -0.2) is 0 Å². The molecule has 0 bridgehead atoms. The van der Waals surface area contributed by atoms with Gasteiger partial charge in [0.15, 0.2) is 0 Å². The van der Waals surface area contributed by atoms with Gasteiger partial charge in [0.05, 0.1) is 0 Å². The predicted molar refractivity (Wildman–Crippen MR) is 165 cm³/mol. The van der Waals surface area contributed by atoms with Crippen molar-refractivity contribution in [1.29, 1.82) is 0 Å². The van der Waals surface area contributed by atoms with Crippen molar-refractivity contribution < 1.29 is 14.3 Å². The average molecular weight is 537 g/mol. The van der Waals surface area contributed by atoms with Crippen LogP contribution < -0.4 is 14.8 Å². The number of hydrogen-bond acceptors (Lipinski definition) is 4. The summed E-state index contributed by atoms with van der Waals surface area (Å²) in [4.78, 5) is 15.6. The second-order valence-corrected chi connectivity index (χ2v) is 11.2. The maximum Gasteiger partial charge on any atom is 0.251 e. The van der Waals surface area contributed by atoms with Crippen molar-refractivity contribution in [3.05, 3.63) is 70.4 Å². The lowest BCUT2D eigenvalue weighted by Gasteiger charge is -2.23. The molecule has 1 amide bonds. The van der Waals surface area contributed by atoms with Crippen molar-refractivity contribution in [2.45, 2.75) is 93.0 Å². The van der Waals surface area contributed by atoms with Crippen LogP contribution in [0, 0.1) is 0 Å². The summed E-state index contributed by atoms with van der Waals surface area (Å²) in [5.41, 5.74) is 5.84. The van der Waals surface area contributed by atoms with Crippen molar-refractivity contribution in [2.75, 3.05) is 32.8 Å². The van der Waals surface area contributed by atoms with E-state index in [2.05, 4.69) is 83.0 Å². The van der Waals surface area contributed by atoms with E-state index in [0.29, 0.717) is 42.9 Å². The molecule has 1 aromatic rings. The van der Waals surface area contributed by atoms with E-state index in [0.717, 1.165) is 45.2 Å². The molecule has 39 heavy (non-hydrogen) atoms. The van der Waals surface area contributed by atoms with E-state index in [1.54, 1.807) is 0 Å². The van der Waals surface area contributed by atoms with E-state index in [1.807, 2.05) is 18.2 Å². The van der Waals surface area contributed by atoms with Crippen LogP contribution in [0.3, 0.4) is 0 Å². The Hall–Kier alpha value is -2.79. The smallest absolute Gasteiger partial charge is 0.251 e. The molecule has 0 spiro atoms. The van der Waals surface area contributed by atoms with Gasteiger partial charge in [0.2, 0.25) is 0 Å². The second-order valence-electron chi connectivity index (χ2n) is 11.2. The van der Waals surface area contributed by atoms with Gasteiger partial charge in [-0.3, -0.25) is 9.69 Å². The van der Waals surface area contributed by atoms with Gasteiger partial charge >= 0.3 is 0 Å². The number of hydrogen-bond donors (Lipinski definition) is 1. The Labute approximate surface area is 238 Å². The van der Waals surface area contributed by atoms with Crippen LogP contribution in [0.15, 0.2) is 64.8 Å². The van der Waals surface area contributed by atoms with Crippen LogP contribution >= 0.6 is 0 Å². The van der Waals surface area contributed by atoms with Gasteiger partial charge in [-0.15, -0.1) is 0 Å². The SMILES string of the molecule is CCN1CCCC1CNC(=O)c1cc(OC/C=C(\C)CCC=C(C)C)cc(OC/C=C(\C)CCC=C(C)C)c1. The highest BCUT2D eigenvalue weighted by atomic mass is 16.5. The van der Waals surface area contributed by atoms with E-state index in [9.17, 15) is 4.79 Å². The van der Waals surface area contributed by atoms with Crippen LogP contribution in [0.1, 0.15) is 97.3 Å². The number of nitrogens with zero attached hydrogens (tertiary/aromatic N) is 1. The Morgan fingerprint density at radius 2 is 1.41 bits per heavy atom. The standard InChI is InChI=1S/C34H52N2O3/c1-8-36-19-11-16-31(36)25-35-34(37)30-22-32(38-20-17-28(6)14-9-12-26(2)3)24-33(23-30)39-21-18-29(7)15-10-13-27(4)5/h12-13,17-18,22-24,31H,8-11,14-16,19-21,25H2,1-7H3,(H,35,37)/b28-17+,29-18+. The van der Waals surface area contributed by atoms with E-state index in [1.165, 1.54) is 28.7 Å². The molecule has 1 heterocycles. The molecule has 216 valence electrons. The normalized spacial score (nSPS) is 16.1. The van der Waals surface area contributed by atoms with E-state index in [-0.39, 0.29) is 5.91 Å². The number of likely N-dealkylation sites (tertiary alicyclic amines) is 1. The molecule has 1 N–H and O–H groups in total. The highest BCUT2D eigenvalue weighted by molar-refractivity contribution is 5.95. The molecular weight excluding hydrogens is 484 g/mol. The zero-order valence-corrected chi connectivity index (χ0v) is 25.6. The summed E-state index contributed by atoms with van der Waals surface area (Å²) >= 11 is 0. The van der Waals surface area contributed by atoms with Gasteiger partial charge in [-0.2, -0.15) is 0 Å². The molecule has 1 atom stereocenters. The Bertz CT molecular complexity index is 967. The maximum absolute atomic E-state index is 13.1. The second kappa shape index (κ2) is 17.7. The molecule has 1 unspecified atom stereocenters. The van der Waals surface area contributed by atoms with Gasteiger partial charge in [-0.1, -0.05) is 41.4 Å². The largest absolute Gasteiger partial charge is 0.489 e. The number of benzene rings is 1. The molecule has 1 saturated heterocycles. The monoisotopic (exact) mass is 536 g/mol. The molecule has 0 aromatic heterocycles. The Morgan fingerprint density at radius 1 is 0.872 bits per heavy atom. The Morgan fingerprint density at radius 3 is 1.90 bits per heavy atom. The number of rotatable bonds is 16. The van der Waals surface area contributed by atoms with Crippen LogP contribution in [0.25, 0.3) is 0 Å². The van der Waals surface area contributed by atoms with Crippen molar-refractivity contribution in [3.63, 3.8) is 0 Å². The number of likely N-dealkylation sites (N-methyl/N-ethyl adjacent to an activating group) is 1. The average Bonchev–Trinajstić information content (AvgIpc) is 3.34. The zero-order chi connectivity index (χ0) is 28.6. The molecular formula is C34H52N2O3.